The van der Waals surface area contributed by atoms with Crippen molar-refractivity contribution >= 4 is 22.4 Å². The highest BCUT2D eigenvalue weighted by atomic mass is 32.1. The van der Waals surface area contributed by atoms with Crippen LogP contribution in [0.2, 0.25) is 0 Å². The van der Waals surface area contributed by atoms with E-state index in [4.69, 9.17) is 0 Å². The van der Waals surface area contributed by atoms with Crippen molar-refractivity contribution in [2.24, 2.45) is 5.41 Å². The van der Waals surface area contributed by atoms with Crippen molar-refractivity contribution in [2.75, 3.05) is 18.5 Å². The molecule has 0 saturated heterocycles. The summed E-state index contributed by atoms with van der Waals surface area (Å²) in [6.45, 7) is 10.7. The van der Waals surface area contributed by atoms with Crippen molar-refractivity contribution in [3.63, 3.8) is 0 Å². The SMILES string of the molecule is CN(CC(C)(C)C)c1nc(C(C)(C)C(=O)O)cs1. The molecule has 1 rings (SSSR count). The van der Waals surface area contributed by atoms with E-state index in [0.29, 0.717) is 5.69 Å². The van der Waals surface area contributed by atoms with Gasteiger partial charge in [0.2, 0.25) is 0 Å². The Morgan fingerprint density at radius 1 is 1.39 bits per heavy atom. The van der Waals surface area contributed by atoms with Crippen LogP contribution >= 0.6 is 11.3 Å². The van der Waals surface area contributed by atoms with Gasteiger partial charge in [0.1, 0.15) is 5.41 Å². The fourth-order valence-corrected chi connectivity index (χ4v) is 2.58. The van der Waals surface area contributed by atoms with Crippen molar-refractivity contribution in [1.29, 1.82) is 0 Å². The molecule has 18 heavy (non-hydrogen) atoms. The fraction of sp³-hybridized carbons (Fsp3) is 0.692. The van der Waals surface area contributed by atoms with Gasteiger partial charge in [-0.3, -0.25) is 4.79 Å². The minimum absolute atomic E-state index is 0.183. The van der Waals surface area contributed by atoms with Crippen LogP contribution in [0.15, 0.2) is 5.38 Å². The number of nitrogens with zero attached hydrogens (tertiary/aromatic N) is 2. The molecule has 0 spiro atoms. The first-order chi connectivity index (χ1) is 8.04. The number of carbonyl (C=O) groups is 1. The van der Waals surface area contributed by atoms with Crippen molar-refractivity contribution < 1.29 is 9.90 Å². The van der Waals surface area contributed by atoms with Crippen molar-refractivity contribution in [3.05, 3.63) is 11.1 Å². The first-order valence-corrected chi connectivity index (χ1v) is 6.82. The third-order valence-corrected chi connectivity index (χ3v) is 3.66. The highest BCUT2D eigenvalue weighted by molar-refractivity contribution is 7.13. The number of anilines is 1. The Bertz CT molecular complexity index is 432. The molecule has 1 aromatic heterocycles. The summed E-state index contributed by atoms with van der Waals surface area (Å²) in [4.78, 5) is 17.7. The molecule has 1 heterocycles. The number of carboxylic acids is 1. The average Bonchev–Trinajstić information content (AvgIpc) is 2.63. The normalized spacial score (nSPS) is 12.6. The van der Waals surface area contributed by atoms with Crippen LogP contribution < -0.4 is 4.90 Å². The summed E-state index contributed by atoms with van der Waals surface area (Å²) >= 11 is 1.49. The number of thiazole rings is 1. The second-order valence-electron chi connectivity index (χ2n) is 6.36. The van der Waals surface area contributed by atoms with Gasteiger partial charge in [0.25, 0.3) is 0 Å². The number of aliphatic carboxylic acids is 1. The highest BCUT2D eigenvalue weighted by Gasteiger charge is 2.32. The topological polar surface area (TPSA) is 53.4 Å². The van der Waals surface area contributed by atoms with Gasteiger partial charge in [0.15, 0.2) is 5.13 Å². The molecule has 1 N–H and O–H groups in total. The Morgan fingerprint density at radius 2 is 1.94 bits per heavy atom. The van der Waals surface area contributed by atoms with Crippen molar-refractivity contribution in [2.45, 2.75) is 40.0 Å². The molecular formula is C13H22N2O2S. The second-order valence-corrected chi connectivity index (χ2v) is 7.20. The summed E-state index contributed by atoms with van der Waals surface area (Å²) in [5.41, 5.74) is -0.129. The largest absolute Gasteiger partial charge is 0.481 e. The minimum atomic E-state index is -0.933. The maximum Gasteiger partial charge on any atom is 0.315 e. The molecule has 0 aliphatic carbocycles. The van der Waals surface area contributed by atoms with Gasteiger partial charge >= 0.3 is 5.97 Å². The van der Waals surface area contributed by atoms with E-state index in [-0.39, 0.29) is 5.41 Å². The van der Waals surface area contributed by atoms with Crippen molar-refractivity contribution in [1.82, 2.24) is 4.98 Å². The van der Waals surface area contributed by atoms with Crippen LogP contribution in [-0.2, 0) is 10.2 Å². The molecule has 0 aliphatic heterocycles. The van der Waals surface area contributed by atoms with E-state index in [2.05, 4.69) is 30.7 Å². The van der Waals surface area contributed by atoms with E-state index in [1.807, 2.05) is 12.4 Å². The smallest absolute Gasteiger partial charge is 0.315 e. The van der Waals surface area contributed by atoms with E-state index in [1.54, 1.807) is 13.8 Å². The molecule has 0 radical (unpaired) electrons. The summed E-state index contributed by atoms with van der Waals surface area (Å²) in [6, 6.07) is 0. The quantitative estimate of drug-likeness (QED) is 0.914. The molecule has 102 valence electrons. The molecule has 0 atom stereocenters. The number of carboxylic acid groups (broad SMARTS) is 1. The molecule has 0 saturated carbocycles. The lowest BCUT2D eigenvalue weighted by molar-refractivity contribution is -0.142. The standard InChI is InChI=1S/C13H22N2O2S/c1-12(2,3)8-15(6)11-14-9(7-18-11)13(4,5)10(16)17/h7H,8H2,1-6H3,(H,16,17). The van der Waals surface area contributed by atoms with E-state index >= 15 is 0 Å². The predicted molar refractivity (Wildman–Crippen MR) is 75.5 cm³/mol. The summed E-state index contributed by atoms with van der Waals surface area (Å²) in [6.07, 6.45) is 0. The Hall–Kier alpha value is -1.10. The van der Waals surface area contributed by atoms with Gasteiger partial charge in [-0.25, -0.2) is 4.98 Å². The number of aromatic nitrogens is 1. The molecule has 4 nitrogen and oxygen atoms in total. The Balaban J connectivity index is 2.90. The highest BCUT2D eigenvalue weighted by Crippen LogP contribution is 2.30. The van der Waals surface area contributed by atoms with Crippen LogP contribution in [-0.4, -0.2) is 29.7 Å². The first kappa shape index (κ1) is 15.0. The van der Waals surface area contributed by atoms with Crippen LogP contribution in [0.1, 0.15) is 40.3 Å². The maximum absolute atomic E-state index is 11.2. The zero-order chi connectivity index (χ0) is 14.1. The van der Waals surface area contributed by atoms with Crippen LogP contribution in [0.5, 0.6) is 0 Å². The number of rotatable bonds is 4. The number of hydrogen-bond acceptors (Lipinski definition) is 4. The molecule has 0 bridgehead atoms. The maximum atomic E-state index is 11.2. The van der Waals surface area contributed by atoms with E-state index in [9.17, 15) is 9.90 Å². The van der Waals surface area contributed by atoms with Crippen LogP contribution in [0.3, 0.4) is 0 Å². The summed E-state index contributed by atoms with van der Waals surface area (Å²) in [5, 5.41) is 11.9. The predicted octanol–water partition coefficient (Wildman–Crippen LogP) is 2.99. The lowest BCUT2D eigenvalue weighted by Gasteiger charge is -2.26. The third-order valence-electron chi connectivity index (χ3n) is 2.71. The minimum Gasteiger partial charge on any atom is -0.481 e. The van der Waals surface area contributed by atoms with Gasteiger partial charge in [0.05, 0.1) is 5.69 Å². The second kappa shape index (κ2) is 4.88. The lowest BCUT2D eigenvalue weighted by Crippen LogP contribution is -2.30. The summed E-state index contributed by atoms with van der Waals surface area (Å²) in [5.74, 6) is -0.849. The van der Waals surface area contributed by atoms with Gasteiger partial charge in [-0.1, -0.05) is 20.8 Å². The molecule has 5 heteroatoms. The van der Waals surface area contributed by atoms with E-state index in [0.717, 1.165) is 11.7 Å². The van der Waals surface area contributed by atoms with Crippen LogP contribution in [0.4, 0.5) is 5.13 Å². The molecule has 0 aliphatic rings. The molecule has 0 fully saturated rings. The van der Waals surface area contributed by atoms with Crippen LogP contribution in [0.25, 0.3) is 0 Å². The zero-order valence-corrected chi connectivity index (χ0v) is 12.8. The van der Waals surface area contributed by atoms with E-state index < -0.39 is 11.4 Å². The lowest BCUT2D eigenvalue weighted by atomic mass is 9.90. The Kier molecular flexibility index (Phi) is 4.05. The van der Waals surface area contributed by atoms with E-state index in [1.165, 1.54) is 11.3 Å². The molecular weight excluding hydrogens is 248 g/mol. The molecule has 0 amide bonds. The first-order valence-electron chi connectivity index (χ1n) is 5.94. The van der Waals surface area contributed by atoms with Crippen LogP contribution in [0, 0.1) is 5.41 Å². The molecule has 1 aromatic rings. The number of hydrogen-bond donors (Lipinski definition) is 1. The molecule has 0 aromatic carbocycles. The Morgan fingerprint density at radius 3 is 2.39 bits per heavy atom. The average molecular weight is 270 g/mol. The Labute approximate surface area is 113 Å². The van der Waals surface area contributed by atoms with Gasteiger partial charge < -0.3 is 10.0 Å². The third kappa shape index (κ3) is 3.45. The fourth-order valence-electron chi connectivity index (χ4n) is 1.62. The zero-order valence-electron chi connectivity index (χ0n) is 11.9. The summed E-state index contributed by atoms with van der Waals surface area (Å²) < 4.78 is 0. The van der Waals surface area contributed by atoms with Gasteiger partial charge in [-0.2, -0.15) is 0 Å². The van der Waals surface area contributed by atoms with Crippen molar-refractivity contribution in [3.8, 4) is 0 Å². The van der Waals surface area contributed by atoms with Gasteiger partial charge in [-0.05, 0) is 19.3 Å². The monoisotopic (exact) mass is 270 g/mol. The van der Waals surface area contributed by atoms with Gasteiger partial charge in [-0.15, -0.1) is 11.3 Å². The summed E-state index contributed by atoms with van der Waals surface area (Å²) in [7, 11) is 1.99. The van der Waals surface area contributed by atoms with Gasteiger partial charge in [0, 0.05) is 19.0 Å². The molecule has 0 unspecified atom stereocenters.